The number of nitrogens with zero attached hydrogens (tertiary/aromatic N) is 1. The van der Waals surface area contributed by atoms with Crippen LogP contribution in [0.1, 0.15) is 90.4 Å². The van der Waals surface area contributed by atoms with Crippen LogP contribution in [0.15, 0.2) is 0 Å². The second kappa shape index (κ2) is 21.8. The zero-order chi connectivity index (χ0) is 18.7. The van der Waals surface area contributed by atoms with Crippen molar-refractivity contribution in [1.29, 1.82) is 0 Å². The zero-order valence-corrected chi connectivity index (χ0v) is 18.0. The van der Waals surface area contributed by atoms with Crippen molar-refractivity contribution in [2.45, 2.75) is 90.4 Å². The van der Waals surface area contributed by atoms with Crippen LogP contribution < -0.4 is 6.15 Å². The van der Waals surface area contributed by atoms with Crippen LogP contribution in [-0.4, -0.2) is 45.6 Å². The summed E-state index contributed by atoms with van der Waals surface area (Å²) in [6, 6.07) is 0. The molecule has 0 aromatic rings. The van der Waals surface area contributed by atoms with Crippen LogP contribution in [0.5, 0.6) is 0 Å². The predicted molar refractivity (Wildman–Crippen MR) is 108 cm³/mol. The number of hydrogen-bond acceptors (Lipinski definition) is 5. The fourth-order valence-electron chi connectivity index (χ4n) is 2.28. The van der Waals surface area contributed by atoms with Crippen molar-refractivity contribution < 1.29 is 17.2 Å². The van der Waals surface area contributed by atoms with Gasteiger partial charge in [-0.2, -0.15) is 8.42 Å². The number of unbranched alkanes of at least 4 members (excludes halogenated alkanes) is 12. The molecule has 7 heteroatoms. The SMILES string of the molecule is CCCCCCCCCCCCCCCOS(=O)(=O)O.CN(C)C.N. The Labute approximate surface area is 157 Å². The molecule has 4 N–H and O–H groups in total. The third-order valence-electron chi connectivity index (χ3n) is 3.48. The molecular weight excluding hydrogens is 340 g/mol. The predicted octanol–water partition coefficient (Wildman–Crippen LogP) is 5.24. The quantitative estimate of drug-likeness (QED) is 0.296. The molecule has 0 saturated carbocycles. The van der Waals surface area contributed by atoms with Gasteiger partial charge in [-0.25, -0.2) is 4.18 Å². The van der Waals surface area contributed by atoms with Crippen LogP contribution in [0.25, 0.3) is 0 Å². The van der Waals surface area contributed by atoms with Crippen LogP contribution in [0.3, 0.4) is 0 Å². The van der Waals surface area contributed by atoms with Crippen molar-refractivity contribution in [2.24, 2.45) is 0 Å². The monoisotopic (exact) mass is 384 g/mol. The second-order valence-electron chi connectivity index (χ2n) is 6.83. The topological polar surface area (TPSA) is 102 Å². The van der Waals surface area contributed by atoms with Gasteiger partial charge in [0, 0.05) is 0 Å². The Balaban J connectivity index is -0.000000867. The minimum Gasteiger partial charge on any atom is -0.344 e. The van der Waals surface area contributed by atoms with E-state index in [9.17, 15) is 8.42 Å². The molecule has 0 aliphatic heterocycles. The van der Waals surface area contributed by atoms with E-state index < -0.39 is 10.4 Å². The lowest BCUT2D eigenvalue weighted by Crippen LogP contribution is -2.04. The molecule has 0 bridgehead atoms. The van der Waals surface area contributed by atoms with E-state index in [4.69, 9.17) is 4.55 Å². The Morgan fingerprint density at radius 2 is 1.00 bits per heavy atom. The van der Waals surface area contributed by atoms with E-state index in [1.165, 1.54) is 64.2 Å². The Morgan fingerprint density at radius 3 is 1.28 bits per heavy atom. The summed E-state index contributed by atoms with van der Waals surface area (Å²) >= 11 is 0. The Kier molecular flexibility index (Phi) is 25.8. The van der Waals surface area contributed by atoms with Gasteiger partial charge >= 0.3 is 10.4 Å². The smallest absolute Gasteiger partial charge is 0.344 e. The van der Waals surface area contributed by atoms with Crippen molar-refractivity contribution in [3.63, 3.8) is 0 Å². The van der Waals surface area contributed by atoms with Crippen molar-refractivity contribution in [3.05, 3.63) is 0 Å². The van der Waals surface area contributed by atoms with E-state index in [2.05, 4.69) is 11.1 Å². The van der Waals surface area contributed by atoms with E-state index in [0.717, 1.165) is 12.8 Å². The van der Waals surface area contributed by atoms with Crippen LogP contribution in [0.2, 0.25) is 0 Å². The van der Waals surface area contributed by atoms with E-state index in [1.807, 2.05) is 26.0 Å². The first-order valence-electron chi connectivity index (χ1n) is 9.52. The summed E-state index contributed by atoms with van der Waals surface area (Å²) in [7, 11) is 1.76. The lowest BCUT2D eigenvalue weighted by atomic mass is 10.0. The minimum absolute atomic E-state index is 0. The van der Waals surface area contributed by atoms with Crippen LogP contribution in [0, 0.1) is 0 Å². The highest BCUT2D eigenvalue weighted by Crippen LogP contribution is 2.12. The van der Waals surface area contributed by atoms with Gasteiger partial charge < -0.3 is 11.1 Å². The van der Waals surface area contributed by atoms with Gasteiger partial charge in [0.05, 0.1) is 6.61 Å². The summed E-state index contributed by atoms with van der Waals surface area (Å²) < 4.78 is 33.2. The molecule has 0 spiro atoms. The maximum atomic E-state index is 10.3. The van der Waals surface area contributed by atoms with E-state index in [-0.39, 0.29) is 12.8 Å². The standard InChI is InChI=1S/C15H32O4S.C3H9N.H3N/c1-2-3-4-5-6-7-8-9-10-11-12-13-14-15-19-20(16,17)18;1-4(2)3;/h2-15H2,1H3,(H,16,17,18);1-3H3;1H3. The summed E-state index contributed by atoms with van der Waals surface area (Å²) in [4.78, 5) is 2.00. The van der Waals surface area contributed by atoms with Crippen LogP contribution in [-0.2, 0) is 14.6 Å². The molecule has 0 saturated heterocycles. The number of rotatable bonds is 15. The van der Waals surface area contributed by atoms with Crippen molar-refractivity contribution in [1.82, 2.24) is 11.1 Å². The van der Waals surface area contributed by atoms with E-state index in [0.29, 0.717) is 6.42 Å². The van der Waals surface area contributed by atoms with Gasteiger partial charge in [-0.15, -0.1) is 0 Å². The summed E-state index contributed by atoms with van der Waals surface area (Å²) in [5.74, 6) is 0. The Morgan fingerprint density at radius 1 is 0.720 bits per heavy atom. The molecule has 0 amide bonds. The second-order valence-corrected chi connectivity index (χ2v) is 7.93. The lowest BCUT2D eigenvalue weighted by Gasteiger charge is -2.03. The molecule has 0 aromatic heterocycles. The maximum Gasteiger partial charge on any atom is 0.397 e. The largest absolute Gasteiger partial charge is 0.397 e. The lowest BCUT2D eigenvalue weighted by molar-refractivity contribution is 0.261. The average molecular weight is 385 g/mol. The normalized spacial score (nSPS) is 11.0. The summed E-state index contributed by atoms with van der Waals surface area (Å²) in [5.41, 5.74) is 0. The van der Waals surface area contributed by atoms with Crippen molar-refractivity contribution in [2.75, 3.05) is 27.7 Å². The Hall–Kier alpha value is -0.210. The fourth-order valence-corrected chi connectivity index (χ4v) is 2.61. The Bertz CT molecular complexity index is 333. The van der Waals surface area contributed by atoms with Crippen molar-refractivity contribution in [3.8, 4) is 0 Å². The molecule has 0 atom stereocenters. The summed E-state index contributed by atoms with van der Waals surface area (Å²) in [5, 5.41) is 0. The van der Waals surface area contributed by atoms with Gasteiger partial charge in [-0.3, -0.25) is 4.55 Å². The van der Waals surface area contributed by atoms with E-state index in [1.54, 1.807) is 0 Å². The first-order valence-corrected chi connectivity index (χ1v) is 10.9. The summed E-state index contributed by atoms with van der Waals surface area (Å²) in [6.45, 7) is 2.34. The van der Waals surface area contributed by atoms with E-state index >= 15 is 0 Å². The molecule has 0 radical (unpaired) electrons. The summed E-state index contributed by atoms with van der Waals surface area (Å²) in [6.07, 6.45) is 16.1. The van der Waals surface area contributed by atoms with Gasteiger partial charge in [-0.1, -0.05) is 84.0 Å². The van der Waals surface area contributed by atoms with Gasteiger partial charge in [-0.05, 0) is 27.6 Å². The molecule has 0 heterocycles. The highest BCUT2D eigenvalue weighted by atomic mass is 32.3. The molecule has 0 aromatic carbocycles. The zero-order valence-electron chi connectivity index (χ0n) is 17.1. The van der Waals surface area contributed by atoms with Crippen LogP contribution in [0.4, 0.5) is 0 Å². The molecule has 0 aliphatic rings. The molecule has 25 heavy (non-hydrogen) atoms. The van der Waals surface area contributed by atoms with Gasteiger partial charge in [0.1, 0.15) is 0 Å². The molecule has 0 aliphatic carbocycles. The van der Waals surface area contributed by atoms with Crippen LogP contribution >= 0.6 is 0 Å². The van der Waals surface area contributed by atoms with Gasteiger partial charge in [0.2, 0.25) is 0 Å². The highest BCUT2D eigenvalue weighted by molar-refractivity contribution is 7.80. The first kappa shape index (κ1) is 29.5. The molecule has 156 valence electrons. The highest BCUT2D eigenvalue weighted by Gasteiger charge is 2.02. The molecule has 0 unspecified atom stereocenters. The average Bonchev–Trinajstić information content (AvgIpc) is 2.46. The number of hydrogen-bond donors (Lipinski definition) is 2. The molecular formula is C18H44N2O4S. The third kappa shape index (κ3) is 40.1. The minimum atomic E-state index is -4.24. The molecule has 0 fully saturated rings. The third-order valence-corrected chi connectivity index (χ3v) is 3.94. The van der Waals surface area contributed by atoms with Gasteiger partial charge in [0.25, 0.3) is 0 Å². The molecule has 0 rings (SSSR count). The van der Waals surface area contributed by atoms with Crippen molar-refractivity contribution >= 4 is 10.4 Å². The first-order chi connectivity index (χ1) is 11.3. The van der Waals surface area contributed by atoms with Gasteiger partial charge in [0.15, 0.2) is 0 Å². The molecule has 6 nitrogen and oxygen atoms in total. The maximum absolute atomic E-state index is 10.3. The fraction of sp³-hybridized carbons (Fsp3) is 1.00.